The molecule has 0 saturated carbocycles. The van der Waals surface area contributed by atoms with Crippen LogP contribution in [0.1, 0.15) is 23.2 Å². The van der Waals surface area contributed by atoms with Gasteiger partial charge in [-0.05, 0) is 51.2 Å². The van der Waals surface area contributed by atoms with Gasteiger partial charge in [-0.15, -0.1) is 0 Å². The molecule has 0 radical (unpaired) electrons. The van der Waals surface area contributed by atoms with Gasteiger partial charge in [-0.1, -0.05) is 0 Å². The lowest BCUT2D eigenvalue weighted by Gasteiger charge is -2.35. The molecule has 1 aromatic carbocycles. The highest BCUT2D eigenvalue weighted by atomic mass is 19.1. The molecule has 0 N–H and O–H groups in total. The van der Waals surface area contributed by atoms with E-state index < -0.39 is 0 Å². The number of amides is 1. The summed E-state index contributed by atoms with van der Waals surface area (Å²) >= 11 is 0. The second kappa shape index (κ2) is 7.52. The maximum Gasteiger partial charge on any atom is 0.254 e. The molecule has 0 spiro atoms. The number of nitrogens with zero attached hydrogens (tertiary/aromatic N) is 2. The molecule has 0 bridgehead atoms. The molecular weight excluding hydrogens is 271 g/mol. The van der Waals surface area contributed by atoms with E-state index in [-0.39, 0.29) is 17.8 Å². The third kappa shape index (κ3) is 4.51. The lowest BCUT2D eigenvalue weighted by Crippen LogP contribution is -2.46. The summed E-state index contributed by atoms with van der Waals surface area (Å²) in [7, 11) is 3.98. The predicted molar refractivity (Wildman–Crippen MR) is 79.8 cm³/mol. The van der Waals surface area contributed by atoms with Gasteiger partial charge in [-0.3, -0.25) is 4.79 Å². The van der Waals surface area contributed by atoms with Crippen LogP contribution in [-0.2, 0) is 4.74 Å². The SMILES string of the molecule is CN(C)CCN(C(=O)c1ccc(F)cc1)C1CCOCC1. The molecule has 5 heteroatoms. The summed E-state index contributed by atoms with van der Waals surface area (Å²) in [4.78, 5) is 16.7. The van der Waals surface area contributed by atoms with Crippen LogP contribution in [0.5, 0.6) is 0 Å². The van der Waals surface area contributed by atoms with Gasteiger partial charge in [0.05, 0.1) is 0 Å². The smallest absolute Gasteiger partial charge is 0.254 e. The zero-order chi connectivity index (χ0) is 15.2. The fourth-order valence-electron chi connectivity index (χ4n) is 2.51. The molecule has 2 rings (SSSR count). The number of rotatable bonds is 5. The average molecular weight is 294 g/mol. The van der Waals surface area contributed by atoms with E-state index in [1.807, 2.05) is 19.0 Å². The molecule has 0 atom stereocenters. The van der Waals surface area contributed by atoms with Crippen LogP contribution in [0.15, 0.2) is 24.3 Å². The minimum atomic E-state index is -0.322. The summed E-state index contributed by atoms with van der Waals surface area (Å²) in [5, 5.41) is 0. The Labute approximate surface area is 125 Å². The summed E-state index contributed by atoms with van der Waals surface area (Å²) in [6.45, 7) is 2.87. The maximum atomic E-state index is 13.0. The fourth-order valence-corrected chi connectivity index (χ4v) is 2.51. The van der Waals surface area contributed by atoms with Crippen molar-refractivity contribution < 1.29 is 13.9 Å². The molecule has 116 valence electrons. The molecule has 1 amide bonds. The molecule has 1 saturated heterocycles. The number of hydrogen-bond donors (Lipinski definition) is 0. The first-order valence-corrected chi connectivity index (χ1v) is 7.37. The van der Waals surface area contributed by atoms with E-state index in [1.165, 1.54) is 12.1 Å². The van der Waals surface area contributed by atoms with Crippen molar-refractivity contribution in [1.82, 2.24) is 9.80 Å². The molecule has 0 aromatic heterocycles. The number of likely N-dealkylation sites (N-methyl/N-ethyl adjacent to an activating group) is 1. The van der Waals surface area contributed by atoms with Crippen molar-refractivity contribution in [3.63, 3.8) is 0 Å². The normalized spacial score (nSPS) is 16.2. The van der Waals surface area contributed by atoms with Gasteiger partial charge in [0.15, 0.2) is 0 Å². The summed E-state index contributed by atoms with van der Waals surface area (Å²) < 4.78 is 18.4. The van der Waals surface area contributed by atoms with Crippen molar-refractivity contribution in [3.05, 3.63) is 35.6 Å². The Morgan fingerprint density at radius 3 is 2.38 bits per heavy atom. The summed E-state index contributed by atoms with van der Waals surface area (Å²) in [5.41, 5.74) is 0.543. The molecule has 1 aliphatic rings. The summed E-state index contributed by atoms with van der Waals surface area (Å²) in [5.74, 6) is -0.346. The highest BCUT2D eigenvalue weighted by Gasteiger charge is 2.26. The van der Waals surface area contributed by atoms with E-state index in [4.69, 9.17) is 4.74 Å². The molecule has 0 aliphatic carbocycles. The first-order valence-electron chi connectivity index (χ1n) is 7.37. The monoisotopic (exact) mass is 294 g/mol. The molecular formula is C16H23FN2O2. The Bertz CT molecular complexity index is 456. The van der Waals surface area contributed by atoms with E-state index in [1.54, 1.807) is 12.1 Å². The quantitative estimate of drug-likeness (QED) is 0.833. The number of benzene rings is 1. The third-order valence-electron chi connectivity index (χ3n) is 3.77. The number of ether oxygens (including phenoxy) is 1. The van der Waals surface area contributed by atoms with Crippen LogP contribution in [0.3, 0.4) is 0 Å². The molecule has 1 fully saturated rings. The van der Waals surface area contributed by atoms with Crippen LogP contribution < -0.4 is 0 Å². The van der Waals surface area contributed by atoms with Crippen LogP contribution >= 0.6 is 0 Å². The van der Waals surface area contributed by atoms with Crippen molar-refractivity contribution >= 4 is 5.91 Å². The highest BCUT2D eigenvalue weighted by molar-refractivity contribution is 5.94. The third-order valence-corrected chi connectivity index (χ3v) is 3.77. The first-order chi connectivity index (χ1) is 10.1. The van der Waals surface area contributed by atoms with E-state index in [9.17, 15) is 9.18 Å². The lowest BCUT2D eigenvalue weighted by molar-refractivity contribution is 0.0276. The average Bonchev–Trinajstić information content (AvgIpc) is 2.49. The molecule has 0 unspecified atom stereocenters. The Kier molecular flexibility index (Phi) is 5.70. The van der Waals surface area contributed by atoms with Crippen LogP contribution in [0.25, 0.3) is 0 Å². The number of halogens is 1. The van der Waals surface area contributed by atoms with Gasteiger partial charge >= 0.3 is 0 Å². The van der Waals surface area contributed by atoms with E-state index >= 15 is 0 Å². The highest BCUT2D eigenvalue weighted by Crippen LogP contribution is 2.17. The second-order valence-electron chi connectivity index (χ2n) is 5.65. The standard InChI is InChI=1S/C16H23FN2O2/c1-18(2)9-10-19(15-7-11-21-12-8-15)16(20)13-3-5-14(17)6-4-13/h3-6,15H,7-12H2,1-2H3. The van der Waals surface area contributed by atoms with Gasteiger partial charge in [-0.25, -0.2) is 4.39 Å². The molecule has 21 heavy (non-hydrogen) atoms. The Morgan fingerprint density at radius 1 is 1.19 bits per heavy atom. The first kappa shape index (κ1) is 15.9. The Balaban J connectivity index is 2.12. The van der Waals surface area contributed by atoms with Crippen molar-refractivity contribution in [2.75, 3.05) is 40.4 Å². The Morgan fingerprint density at radius 2 is 1.81 bits per heavy atom. The number of carbonyl (C=O) groups excluding carboxylic acids is 1. The van der Waals surface area contributed by atoms with Crippen molar-refractivity contribution in [3.8, 4) is 0 Å². The molecule has 4 nitrogen and oxygen atoms in total. The van der Waals surface area contributed by atoms with Crippen LogP contribution in [0.4, 0.5) is 4.39 Å². The van der Waals surface area contributed by atoms with Crippen molar-refractivity contribution in [2.24, 2.45) is 0 Å². The van der Waals surface area contributed by atoms with Gasteiger partial charge in [0, 0.05) is 37.9 Å². The number of carbonyl (C=O) groups is 1. The van der Waals surface area contributed by atoms with Crippen molar-refractivity contribution in [1.29, 1.82) is 0 Å². The summed E-state index contributed by atoms with van der Waals surface area (Å²) in [6.07, 6.45) is 1.72. The van der Waals surface area contributed by atoms with Crippen LogP contribution in [0.2, 0.25) is 0 Å². The van der Waals surface area contributed by atoms with Crippen LogP contribution in [0, 0.1) is 5.82 Å². The minimum absolute atomic E-state index is 0.0243. The minimum Gasteiger partial charge on any atom is -0.381 e. The largest absolute Gasteiger partial charge is 0.381 e. The van der Waals surface area contributed by atoms with E-state index in [0.717, 1.165) is 19.4 Å². The van der Waals surface area contributed by atoms with Gasteiger partial charge in [0.1, 0.15) is 5.82 Å². The topological polar surface area (TPSA) is 32.8 Å². The lowest BCUT2D eigenvalue weighted by atomic mass is 10.1. The fraction of sp³-hybridized carbons (Fsp3) is 0.562. The number of hydrogen-bond acceptors (Lipinski definition) is 3. The maximum absolute atomic E-state index is 13.0. The molecule has 1 aliphatic heterocycles. The summed E-state index contributed by atoms with van der Waals surface area (Å²) in [6, 6.07) is 5.98. The van der Waals surface area contributed by atoms with Crippen LogP contribution in [-0.4, -0.2) is 62.1 Å². The van der Waals surface area contributed by atoms with E-state index in [0.29, 0.717) is 25.3 Å². The zero-order valence-electron chi connectivity index (χ0n) is 12.7. The Hall–Kier alpha value is -1.46. The molecule has 1 heterocycles. The van der Waals surface area contributed by atoms with Crippen molar-refractivity contribution in [2.45, 2.75) is 18.9 Å². The van der Waals surface area contributed by atoms with E-state index in [2.05, 4.69) is 4.90 Å². The molecule has 1 aromatic rings. The van der Waals surface area contributed by atoms with Gasteiger partial charge in [0.25, 0.3) is 5.91 Å². The van der Waals surface area contributed by atoms with Gasteiger partial charge in [0.2, 0.25) is 0 Å². The zero-order valence-corrected chi connectivity index (χ0v) is 12.7. The van der Waals surface area contributed by atoms with Gasteiger partial charge < -0.3 is 14.5 Å². The second-order valence-corrected chi connectivity index (χ2v) is 5.65. The van der Waals surface area contributed by atoms with Gasteiger partial charge in [-0.2, -0.15) is 0 Å². The predicted octanol–water partition coefficient (Wildman–Crippen LogP) is 2.01.